The van der Waals surface area contributed by atoms with Crippen LogP contribution in [0.25, 0.3) is 0 Å². The number of nitrogens with two attached hydrogens (primary N) is 1. The molecule has 6 heteroatoms. The summed E-state index contributed by atoms with van der Waals surface area (Å²) < 4.78 is 0. The Labute approximate surface area is 94.7 Å². The zero-order valence-corrected chi connectivity index (χ0v) is 9.30. The minimum Gasteiger partial charge on any atom is -0.409 e. The Hall–Kier alpha value is -1.30. The van der Waals surface area contributed by atoms with Crippen LogP contribution in [0.5, 0.6) is 0 Å². The summed E-state index contributed by atoms with van der Waals surface area (Å²) >= 11 is 0. The molecule has 0 aromatic carbocycles. The van der Waals surface area contributed by atoms with Crippen LogP contribution in [-0.2, 0) is 4.79 Å². The first-order valence-corrected chi connectivity index (χ1v) is 5.55. The number of aliphatic hydroxyl groups is 1. The van der Waals surface area contributed by atoms with Crippen molar-refractivity contribution in [1.29, 1.82) is 0 Å². The zero-order chi connectivity index (χ0) is 12.0. The van der Waals surface area contributed by atoms with Gasteiger partial charge in [-0.2, -0.15) is 0 Å². The van der Waals surface area contributed by atoms with Crippen molar-refractivity contribution in [3.05, 3.63) is 0 Å². The number of hydrogen-bond donors (Lipinski definition) is 3. The largest absolute Gasteiger partial charge is 0.409 e. The van der Waals surface area contributed by atoms with E-state index in [9.17, 15) is 9.90 Å². The van der Waals surface area contributed by atoms with Crippen LogP contribution in [-0.4, -0.2) is 46.1 Å². The van der Waals surface area contributed by atoms with Gasteiger partial charge < -0.3 is 20.9 Å². The van der Waals surface area contributed by atoms with E-state index in [1.165, 1.54) is 0 Å². The molecule has 4 N–H and O–H groups in total. The Balaban J connectivity index is 2.62. The average molecular weight is 229 g/mol. The normalized spacial score (nSPS) is 22.9. The number of carbonyl (C=O) groups excluding carboxylic acids is 1. The van der Waals surface area contributed by atoms with Crippen LogP contribution in [0.3, 0.4) is 0 Å². The molecule has 0 radical (unpaired) electrons. The molecule has 0 aromatic heterocycles. The predicted molar refractivity (Wildman–Crippen MR) is 59.1 cm³/mol. The highest BCUT2D eigenvalue weighted by molar-refractivity contribution is 5.98. The highest BCUT2D eigenvalue weighted by Crippen LogP contribution is 2.17. The van der Waals surface area contributed by atoms with Crippen LogP contribution in [0.15, 0.2) is 5.16 Å². The van der Waals surface area contributed by atoms with Crippen molar-refractivity contribution in [2.45, 2.75) is 38.1 Å². The molecule has 1 rings (SSSR count). The van der Waals surface area contributed by atoms with Crippen LogP contribution >= 0.6 is 0 Å². The van der Waals surface area contributed by atoms with Crippen molar-refractivity contribution in [3.63, 3.8) is 0 Å². The highest BCUT2D eigenvalue weighted by atomic mass is 16.4. The molecule has 1 fully saturated rings. The first-order chi connectivity index (χ1) is 7.69. The fourth-order valence-corrected chi connectivity index (χ4v) is 1.99. The lowest BCUT2D eigenvalue weighted by Gasteiger charge is -2.28. The van der Waals surface area contributed by atoms with Crippen molar-refractivity contribution >= 4 is 11.7 Å². The van der Waals surface area contributed by atoms with Crippen LogP contribution in [0.2, 0.25) is 0 Å². The number of carbonyl (C=O) groups is 1. The van der Waals surface area contributed by atoms with Gasteiger partial charge in [0.2, 0.25) is 5.91 Å². The van der Waals surface area contributed by atoms with E-state index < -0.39 is 0 Å². The predicted octanol–water partition coefficient (Wildman–Crippen LogP) is -0.114. The van der Waals surface area contributed by atoms with Gasteiger partial charge in [0.05, 0.1) is 19.1 Å². The van der Waals surface area contributed by atoms with E-state index in [0.717, 1.165) is 25.7 Å². The number of rotatable bonds is 3. The van der Waals surface area contributed by atoms with Gasteiger partial charge >= 0.3 is 0 Å². The zero-order valence-electron chi connectivity index (χ0n) is 9.30. The van der Waals surface area contributed by atoms with Gasteiger partial charge in [-0.1, -0.05) is 18.0 Å². The van der Waals surface area contributed by atoms with E-state index in [4.69, 9.17) is 10.9 Å². The maximum Gasteiger partial charge on any atom is 0.230 e. The smallest absolute Gasteiger partial charge is 0.230 e. The summed E-state index contributed by atoms with van der Waals surface area (Å²) in [4.78, 5) is 13.5. The molecule has 0 aromatic rings. The molecular weight excluding hydrogens is 210 g/mol. The van der Waals surface area contributed by atoms with Gasteiger partial charge in [0, 0.05) is 6.54 Å². The lowest BCUT2D eigenvalue weighted by molar-refractivity contribution is -0.133. The highest BCUT2D eigenvalue weighted by Gasteiger charge is 2.25. The maximum atomic E-state index is 11.8. The van der Waals surface area contributed by atoms with Crippen molar-refractivity contribution in [3.8, 4) is 0 Å². The van der Waals surface area contributed by atoms with E-state index in [1.807, 2.05) is 0 Å². The molecule has 0 spiro atoms. The van der Waals surface area contributed by atoms with E-state index in [0.29, 0.717) is 6.54 Å². The third kappa shape index (κ3) is 3.37. The summed E-state index contributed by atoms with van der Waals surface area (Å²) in [5.74, 6) is -0.276. The maximum absolute atomic E-state index is 11.8. The molecule has 1 saturated heterocycles. The third-order valence-corrected chi connectivity index (χ3v) is 2.87. The molecule has 92 valence electrons. The first kappa shape index (κ1) is 12.8. The SMILES string of the molecule is NC(CC(=O)N1CCCCCC1CO)=NO. The Kier molecular flexibility index (Phi) is 5.04. The van der Waals surface area contributed by atoms with Crippen molar-refractivity contribution < 1.29 is 15.1 Å². The van der Waals surface area contributed by atoms with E-state index in [2.05, 4.69) is 5.16 Å². The second kappa shape index (κ2) is 6.32. The van der Waals surface area contributed by atoms with Gasteiger partial charge in [0.25, 0.3) is 0 Å². The quantitative estimate of drug-likeness (QED) is 0.272. The number of amides is 1. The second-order valence-electron chi connectivity index (χ2n) is 4.04. The molecular formula is C10H19N3O3. The summed E-state index contributed by atoms with van der Waals surface area (Å²) in [6, 6.07) is -0.124. The summed E-state index contributed by atoms with van der Waals surface area (Å²) in [5, 5.41) is 20.4. The Bertz CT molecular complexity index is 268. The van der Waals surface area contributed by atoms with E-state index in [-0.39, 0.29) is 30.8 Å². The molecule has 0 saturated carbocycles. The summed E-state index contributed by atoms with van der Waals surface area (Å²) in [6.45, 7) is 0.616. The Morgan fingerprint density at radius 3 is 2.81 bits per heavy atom. The molecule has 1 aliphatic rings. The van der Waals surface area contributed by atoms with Crippen molar-refractivity contribution in [2.75, 3.05) is 13.2 Å². The lowest BCUT2D eigenvalue weighted by atomic mass is 10.1. The number of nitrogens with zero attached hydrogens (tertiary/aromatic N) is 2. The molecule has 1 heterocycles. The fourth-order valence-electron chi connectivity index (χ4n) is 1.99. The average Bonchev–Trinajstić information content (AvgIpc) is 2.53. The van der Waals surface area contributed by atoms with Crippen LogP contribution in [0, 0.1) is 0 Å². The van der Waals surface area contributed by atoms with E-state index in [1.54, 1.807) is 4.90 Å². The number of amidine groups is 1. The monoisotopic (exact) mass is 229 g/mol. The van der Waals surface area contributed by atoms with Gasteiger partial charge in [-0.05, 0) is 12.8 Å². The fraction of sp³-hybridized carbons (Fsp3) is 0.800. The summed E-state index contributed by atoms with van der Waals surface area (Å²) in [5.41, 5.74) is 5.30. The van der Waals surface area contributed by atoms with Gasteiger partial charge in [-0.3, -0.25) is 4.79 Å². The first-order valence-electron chi connectivity index (χ1n) is 5.55. The van der Waals surface area contributed by atoms with E-state index >= 15 is 0 Å². The third-order valence-electron chi connectivity index (χ3n) is 2.87. The minimum atomic E-state index is -0.184. The molecule has 1 unspecified atom stereocenters. The number of hydrogen-bond acceptors (Lipinski definition) is 4. The number of aliphatic hydroxyl groups excluding tert-OH is 1. The lowest BCUT2D eigenvalue weighted by Crippen LogP contribution is -2.43. The van der Waals surface area contributed by atoms with Crippen LogP contribution < -0.4 is 5.73 Å². The summed E-state index contributed by atoms with van der Waals surface area (Å²) in [7, 11) is 0. The molecule has 0 bridgehead atoms. The summed E-state index contributed by atoms with van der Waals surface area (Å²) in [6.07, 6.45) is 3.77. The van der Waals surface area contributed by atoms with Crippen molar-refractivity contribution in [2.24, 2.45) is 10.9 Å². The molecule has 6 nitrogen and oxygen atoms in total. The standard InChI is InChI=1S/C10H19N3O3/c11-9(12-16)6-10(15)13-5-3-1-2-4-8(13)7-14/h8,14,16H,1-7H2,(H2,11,12). The molecule has 16 heavy (non-hydrogen) atoms. The number of likely N-dealkylation sites (tertiary alicyclic amines) is 1. The second-order valence-corrected chi connectivity index (χ2v) is 4.04. The molecule has 1 aliphatic heterocycles. The van der Waals surface area contributed by atoms with Gasteiger partial charge in [-0.25, -0.2) is 0 Å². The van der Waals surface area contributed by atoms with Crippen LogP contribution in [0.1, 0.15) is 32.1 Å². The van der Waals surface area contributed by atoms with Gasteiger partial charge in [0.15, 0.2) is 0 Å². The van der Waals surface area contributed by atoms with Crippen LogP contribution in [0.4, 0.5) is 0 Å². The van der Waals surface area contributed by atoms with Gasteiger partial charge in [0.1, 0.15) is 5.84 Å². The molecule has 0 aliphatic carbocycles. The molecule has 1 atom stereocenters. The molecule has 1 amide bonds. The van der Waals surface area contributed by atoms with Gasteiger partial charge in [-0.15, -0.1) is 0 Å². The number of oxime groups is 1. The minimum absolute atomic E-state index is 0.0259. The van der Waals surface area contributed by atoms with Crippen molar-refractivity contribution in [1.82, 2.24) is 4.90 Å². The Morgan fingerprint density at radius 2 is 2.19 bits per heavy atom. The topological polar surface area (TPSA) is 99.2 Å². The Morgan fingerprint density at radius 1 is 1.44 bits per heavy atom.